The van der Waals surface area contributed by atoms with Gasteiger partial charge in [-0.15, -0.1) is 0 Å². The zero-order chi connectivity index (χ0) is 35.0. The summed E-state index contributed by atoms with van der Waals surface area (Å²) in [5, 5.41) is 11.7. The van der Waals surface area contributed by atoms with E-state index in [1.165, 1.54) is 60.5 Å². The number of hydrogen-bond donors (Lipinski definition) is 0. The highest BCUT2D eigenvalue weighted by atomic mass is 16.3. The molecule has 2 aromatic heterocycles. The van der Waals surface area contributed by atoms with Crippen molar-refractivity contribution in [3.63, 3.8) is 0 Å². The maximum Gasteiger partial charge on any atom is 0.143 e. The Labute approximate surface area is 305 Å². The van der Waals surface area contributed by atoms with E-state index in [0.29, 0.717) is 0 Å². The van der Waals surface area contributed by atoms with Gasteiger partial charge in [-0.05, 0) is 114 Å². The van der Waals surface area contributed by atoms with Crippen molar-refractivity contribution in [2.24, 2.45) is 0 Å². The molecule has 2 heterocycles. The van der Waals surface area contributed by atoms with Crippen LogP contribution < -0.4 is 0 Å². The van der Waals surface area contributed by atoms with Crippen LogP contribution in [0, 0.1) is 0 Å². The lowest BCUT2D eigenvalue weighted by Gasteiger charge is -2.22. The summed E-state index contributed by atoms with van der Waals surface area (Å²) in [6, 6.07) is 57.5. The normalized spacial score (nSPS) is 13.6. The largest absolute Gasteiger partial charge is 0.456 e. The van der Waals surface area contributed by atoms with Gasteiger partial charge in [-0.1, -0.05) is 129 Å². The second kappa shape index (κ2) is 10.2. The molecule has 53 heavy (non-hydrogen) atoms. The Kier molecular flexibility index (Phi) is 5.60. The maximum absolute atomic E-state index is 6.67. The minimum absolute atomic E-state index is 0.0281. The van der Waals surface area contributed by atoms with Crippen molar-refractivity contribution in [2.45, 2.75) is 19.3 Å². The Morgan fingerprint density at radius 1 is 0.358 bits per heavy atom. The third-order valence-corrected chi connectivity index (χ3v) is 12.1. The second-order valence-corrected chi connectivity index (χ2v) is 15.2. The minimum Gasteiger partial charge on any atom is -0.456 e. The Balaban J connectivity index is 1.08. The van der Waals surface area contributed by atoms with Crippen molar-refractivity contribution >= 4 is 76.2 Å². The molecule has 0 saturated carbocycles. The highest BCUT2D eigenvalue weighted by molar-refractivity contribution is 6.26. The first-order chi connectivity index (χ1) is 26.0. The fraction of sp³-hybridized carbons (Fsp3) is 0.0588. The molecule has 9 aromatic carbocycles. The van der Waals surface area contributed by atoms with Crippen LogP contribution in [0.2, 0.25) is 0 Å². The summed E-state index contributed by atoms with van der Waals surface area (Å²) < 4.78 is 13.1. The summed E-state index contributed by atoms with van der Waals surface area (Å²) in [6.45, 7) is 4.69. The van der Waals surface area contributed by atoms with E-state index in [9.17, 15) is 0 Å². The van der Waals surface area contributed by atoms with Crippen LogP contribution in [0.1, 0.15) is 25.0 Å². The lowest BCUT2D eigenvalue weighted by Crippen LogP contribution is -2.14. The summed E-state index contributed by atoms with van der Waals surface area (Å²) in [4.78, 5) is 0. The van der Waals surface area contributed by atoms with Crippen molar-refractivity contribution in [3.8, 4) is 33.4 Å². The van der Waals surface area contributed by atoms with E-state index < -0.39 is 0 Å². The smallest absolute Gasteiger partial charge is 0.143 e. The average Bonchev–Trinajstić information content (AvgIpc) is 3.84. The van der Waals surface area contributed by atoms with Gasteiger partial charge in [0.25, 0.3) is 0 Å². The molecule has 2 nitrogen and oxygen atoms in total. The Hall–Kier alpha value is -6.64. The number of rotatable bonds is 2. The van der Waals surface area contributed by atoms with E-state index in [1.807, 2.05) is 12.1 Å². The lowest BCUT2D eigenvalue weighted by molar-refractivity contribution is 0.660. The molecule has 1 aliphatic rings. The van der Waals surface area contributed by atoms with Crippen LogP contribution in [-0.2, 0) is 5.41 Å². The fourth-order valence-corrected chi connectivity index (χ4v) is 9.64. The number of fused-ring (bicyclic) bond motifs is 14. The Bertz CT molecular complexity index is 3310. The van der Waals surface area contributed by atoms with Crippen LogP contribution in [-0.4, -0.2) is 0 Å². The van der Waals surface area contributed by atoms with E-state index in [0.717, 1.165) is 60.2 Å². The Morgan fingerprint density at radius 2 is 0.906 bits per heavy atom. The summed E-state index contributed by atoms with van der Waals surface area (Å²) in [7, 11) is 0. The zero-order valence-electron chi connectivity index (χ0n) is 29.3. The van der Waals surface area contributed by atoms with Crippen LogP contribution in [0.15, 0.2) is 167 Å². The van der Waals surface area contributed by atoms with Crippen LogP contribution in [0.5, 0.6) is 0 Å². The van der Waals surface area contributed by atoms with Gasteiger partial charge in [0.2, 0.25) is 0 Å². The maximum atomic E-state index is 6.67. The molecule has 248 valence electrons. The molecule has 0 bridgehead atoms. The van der Waals surface area contributed by atoms with Gasteiger partial charge in [-0.2, -0.15) is 0 Å². The third kappa shape index (κ3) is 3.82. The monoisotopic (exact) mass is 676 g/mol. The van der Waals surface area contributed by atoms with Crippen LogP contribution in [0.4, 0.5) is 0 Å². The topological polar surface area (TPSA) is 26.3 Å². The van der Waals surface area contributed by atoms with Gasteiger partial charge in [0.05, 0.1) is 0 Å². The van der Waals surface area contributed by atoms with E-state index in [4.69, 9.17) is 8.83 Å². The number of para-hydroxylation sites is 1. The van der Waals surface area contributed by atoms with Gasteiger partial charge in [0, 0.05) is 32.3 Å². The molecular weight excluding hydrogens is 645 g/mol. The lowest BCUT2D eigenvalue weighted by atomic mass is 9.81. The molecule has 1 aliphatic carbocycles. The van der Waals surface area contributed by atoms with Crippen LogP contribution in [0.3, 0.4) is 0 Å². The first-order valence-electron chi connectivity index (χ1n) is 18.4. The van der Waals surface area contributed by atoms with Gasteiger partial charge in [-0.25, -0.2) is 0 Å². The molecule has 0 unspecified atom stereocenters. The van der Waals surface area contributed by atoms with E-state index >= 15 is 0 Å². The van der Waals surface area contributed by atoms with Crippen LogP contribution >= 0.6 is 0 Å². The molecule has 0 amide bonds. The third-order valence-electron chi connectivity index (χ3n) is 12.1. The molecule has 0 radical (unpaired) electrons. The van der Waals surface area contributed by atoms with Crippen molar-refractivity contribution in [3.05, 3.63) is 169 Å². The fourth-order valence-electron chi connectivity index (χ4n) is 9.64. The van der Waals surface area contributed by atoms with E-state index in [-0.39, 0.29) is 5.41 Å². The molecule has 11 aromatic rings. The van der Waals surface area contributed by atoms with Gasteiger partial charge in [0.1, 0.15) is 22.3 Å². The molecule has 0 atom stereocenters. The predicted octanol–water partition coefficient (Wildman–Crippen LogP) is 14.6. The molecule has 2 heteroatoms. The highest BCUT2D eigenvalue weighted by Gasteiger charge is 2.35. The summed E-state index contributed by atoms with van der Waals surface area (Å²) in [5.74, 6) is 0. The van der Waals surface area contributed by atoms with Crippen LogP contribution in [0.25, 0.3) is 110 Å². The van der Waals surface area contributed by atoms with Crippen molar-refractivity contribution in [1.82, 2.24) is 0 Å². The average molecular weight is 677 g/mol. The molecular formula is C51H32O2. The van der Waals surface area contributed by atoms with Gasteiger partial charge < -0.3 is 8.83 Å². The predicted molar refractivity (Wildman–Crippen MR) is 222 cm³/mol. The van der Waals surface area contributed by atoms with Gasteiger partial charge in [0.15, 0.2) is 0 Å². The number of furan rings is 2. The summed E-state index contributed by atoms with van der Waals surface area (Å²) in [6.07, 6.45) is 0. The number of benzene rings is 9. The second-order valence-electron chi connectivity index (χ2n) is 15.2. The van der Waals surface area contributed by atoms with Crippen molar-refractivity contribution in [2.75, 3.05) is 0 Å². The molecule has 0 aliphatic heterocycles. The van der Waals surface area contributed by atoms with Crippen molar-refractivity contribution < 1.29 is 8.83 Å². The molecule has 0 spiro atoms. The molecule has 0 saturated heterocycles. The Morgan fingerprint density at radius 3 is 1.66 bits per heavy atom. The first kappa shape index (κ1) is 29.0. The molecule has 0 fully saturated rings. The number of hydrogen-bond acceptors (Lipinski definition) is 2. The summed E-state index contributed by atoms with van der Waals surface area (Å²) >= 11 is 0. The quantitative estimate of drug-likeness (QED) is 0.170. The highest BCUT2D eigenvalue weighted by Crippen LogP contribution is 2.51. The summed E-state index contributed by atoms with van der Waals surface area (Å²) in [5.41, 5.74) is 13.9. The van der Waals surface area contributed by atoms with Gasteiger partial charge in [-0.3, -0.25) is 0 Å². The SMILES string of the molecule is CC1(C)c2ccccc2-c2cc(-c3c4ccccc4c(-c4ccc5c(c4)oc4ccc6c(ccc7c8ccccc8oc76)c45)c4ccccc34)ccc21. The molecule has 0 N–H and O–H groups in total. The van der Waals surface area contributed by atoms with E-state index in [1.54, 1.807) is 0 Å². The van der Waals surface area contributed by atoms with Crippen molar-refractivity contribution in [1.29, 1.82) is 0 Å². The zero-order valence-corrected chi connectivity index (χ0v) is 29.3. The van der Waals surface area contributed by atoms with E-state index in [2.05, 4.69) is 159 Å². The molecule has 12 rings (SSSR count). The standard InChI is InChI=1S/C51H32O2/c1-51(2)42-17-9-7-11-31(42)41-27-29(20-25-43(41)51)47-33-13-3-5-15-35(33)48(36-16-6-4-14-34(36)47)30-19-21-40-46(28-30)52-45-26-24-39-37(49(40)45)22-23-38-32-12-8-10-18-44(32)53-50(38)39/h3-28H,1-2H3. The first-order valence-corrected chi connectivity index (χ1v) is 18.4. The minimum atomic E-state index is -0.0281. The van der Waals surface area contributed by atoms with Gasteiger partial charge >= 0.3 is 0 Å².